The Morgan fingerprint density at radius 3 is 2.70 bits per heavy atom. The lowest BCUT2D eigenvalue weighted by atomic mass is 9.99. The van der Waals surface area contributed by atoms with Crippen LogP contribution in [0.3, 0.4) is 0 Å². The number of rotatable bonds is 2. The Bertz CT molecular complexity index is 598. The second-order valence-corrected chi connectivity index (χ2v) is 6.78. The van der Waals surface area contributed by atoms with E-state index in [1.54, 1.807) is 0 Å². The SMILES string of the molecule is C[C@H](C(=O)N1CCc2ccccc2C1)N1CCC2(C1)OCCO2. The van der Waals surface area contributed by atoms with Gasteiger partial charge in [0.15, 0.2) is 5.79 Å². The number of likely N-dealkylation sites (tertiary alicyclic amines) is 1. The molecule has 2 saturated heterocycles. The first-order valence-corrected chi connectivity index (χ1v) is 8.54. The molecule has 3 aliphatic heterocycles. The van der Waals surface area contributed by atoms with Crippen molar-refractivity contribution < 1.29 is 14.3 Å². The molecule has 5 nitrogen and oxygen atoms in total. The molecule has 1 aromatic carbocycles. The van der Waals surface area contributed by atoms with Crippen LogP contribution in [-0.2, 0) is 27.2 Å². The average Bonchev–Trinajstić information content (AvgIpc) is 3.23. The van der Waals surface area contributed by atoms with E-state index in [-0.39, 0.29) is 11.9 Å². The molecule has 4 rings (SSSR count). The van der Waals surface area contributed by atoms with E-state index in [1.807, 2.05) is 11.8 Å². The quantitative estimate of drug-likeness (QED) is 0.827. The van der Waals surface area contributed by atoms with Gasteiger partial charge in [0.05, 0.1) is 25.8 Å². The third-order valence-corrected chi connectivity index (χ3v) is 5.38. The lowest BCUT2D eigenvalue weighted by Gasteiger charge is -2.34. The van der Waals surface area contributed by atoms with Crippen LogP contribution in [0.5, 0.6) is 0 Å². The van der Waals surface area contributed by atoms with Crippen molar-refractivity contribution in [3.63, 3.8) is 0 Å². The molecule has 23 heavy (non-hydrogen) atoms. The Morgan fingerprint density at radius 1 is 1.17 bits per heavy atom. The van der Waals surface area contributed by atoms with Gasteiger partial charge in [0.2, 0.25) is 5.91 Å². The molecule has 1 aromatic rings. The summed E-state index contributed by atoms with van der Waals surface area (Å²) >= 11 is 0. The van der Waals surface area contributed by atoms with Crippen molar-refractivity contribution in [1.29, 1.82) is 0 Å². The van der Waals surface area contributed by atoms with Crippen molar-refractivity contribution >= 4 is 5.91 Å². The largest absolute Gasteiger partial charge is 0.346 e. The predicted octanol–water partition coefficient (Wildman–Crippen LogP) is 1.41. The van der Waals surface area contributed by atoms with Crippen LogP contribution in [-0.4, -0.2) is 60.4 Å². The summed E-state index contributed by atoms with van der Waals surface area (Å²) in [5.74, 6) is -0.238. The van der Waals surface area contributed by atoms with E-state index < -0.39 is 5.79 Å². The molecule has 0 aromatic heterocycles. The average molecular weight is 316 g/mol. The van der Waals surface area contributed by atoms with E-state index in [2.05, 4.69) is 29.2 Å². The van der Waals surface area contributed by atoms with E-state index in [4.69, 9.17) is 9.47 Å². The van der Waals surface area contributed by atoms with E-state index in [0.29, 0.717) is 19.8 Å². The fourth-order valence-corrected chi connectivity index (χ4v) is 3.95. The summed E-state index contributed by atoms with van der Waals surface area (Å²) in [4.78, 5) is 17.1. The lowest BCUT2D eigenvalue weighted by molar-refractivity contribution is -0.150. The molecule has 0 saturated carbocycles. The van der Waals surface area contributed by atoms with E-state index >= 15 is 0 Å². The zero-order valence-corrected chi connectivity index (χ0v) is 13.7. The first kappa shape index (κ1) is 15.1. The first-order valence-electron chi connectivity index (χ1n) is 8.54. The van der Waals surface area contributed by atoms with Gasteiger partial charge in [0.1, 0.15) is 0 Å². The molecule has 0 aliphatic carbocycles. The molecule has 0 N–H and O–H groups in total. The van der Waals surface area contributed by atoms with Crippen LogP contribution in [0.2, 0.25) is 0 Å². The number of carbonyl (C=O) groups is 1. The minimum absolute atomic E-state index is 0.118. The number of amides is 1. The number of benzene rings is 1. The third-order valence-electron chi connectivity index (χ3n) is 5.38. The molecule has 5 heteroatoms. The normalized spacial score (nSPS) is 24.8. The van der Waals surface area contributed by atoms with Crippen LogP contribution in [0.15, 0.2) is 24.3 Å². The van der Waals surface area contributed by atoms with Crippen molar-refractivity contribution in [2.45, 2.75) is 38.1 Å². The maximum atomic E-state index is 12.9. The van der Waals surface area contributed by atoms with Crippen LogP contribution >= 0.6 is 0 Å². The molecule has 1 spiro atoms. The molecule has 0 bridgehead atoms. The van der Waals surface area contributed by atoms with Crippen molar-refractivity contribution in [1.82, 2.24) is 9.80 Å². The van der Waals surface area contributed by atoms with E-state index in [9.17, 15) is 4.79 Å². The smallest absolute Gasteiger partial charge is 0.239 e. The Morgan fingerprint density at radius 2 is 1.91 bits per heavy atom. The number of carbonyl (C=O) groups excluding carboxylic acids is 1. The molecule has 0 radical (unpaired) electrons. The number of fused-ring (bicyclic) bond motifs is 1. The van der Waals surface area contributed by atoms with E-state index in [0.717, 1.165) is 32.5 Å². The second kappa shape index (κ2) is 5.89. The summed E-state index contributed by atoms with van der Waals surface area (Å²) in [6.07, 6.45) is 1.80. The van der Waals surface area contributed by atoms with Gasteiger partial charge < -0.3 is 14.4 Å². The van der Waals surface area contributed by atoms with Crippen LogP contribution in [0.25, 0.3) is 0 Å². The molecule has 1 atom stereocenters. The number of ether oxygens (including phenoxy) is 2. The zero-order chi connectivity index (χ0) is 15.9. The van der Waals surface area contributed by atoms with Gasteiger partial charge in [-0.3, -0.25) is 9.69 Å². The molecular formula is C18H24N2O3. The number of hydrogen-bond acceptors (Lipinski definition) is 4. The van der Waals surface area contributed by atoms with Gasteiger partial charge in [-0.05, 0) is 24.5 Å². The Kier molecular flexibility index (Phi) is 3.87. The van der Waals surface area contributed by atoms with Crippen LogP contribution in [0, 0.1) is 0 Å². The van der Waals surface area contributed by atoms with E-state index in [1.165, 1.54) is 11.1 Å². The number of nitrogens with zero attached hydrogens (tertiary/aromatic N) is 2. The standard InChI is InChI=1S/C18H24N2O3/c1-14(20-9-7-18(13-20)22-10-11-23-18)17(21)19-8-6-15-4-2-3-5-16(15)12-19/h2-5,14H,6-13H2,1H3/t14-/m1/s1. The van der Waals surface area contributed by atoms with Crippen molar-refractivity contribution in [3.05, 3.63) is 35.4 Å². The summed E-state index contributed by atoms with van der Waals surface area (Å²) in [7, 11) is 0. The minimum Gasteiger partial charge on any atom is -0.346 e. The Labute approximate surface area is 137 Å². The Hall–Kier alpha value is -1.43. The van der Waals surface area contributed by atoms with Crippen molar-refractivity contribution in [2.24, 2.45) is 0 Å². The van der Waals surface area contributed by atoms with Gasteiger partial charge in [-0.2, -0.15) is 0 Å². The monoisotopic (exact) mass is 316 g/mol. The van der Waals surface area contributed by atoms with Crippen LogP contribution < -0.4 is 0 Å². The number of hydrogen-bond donors (Lipinski definition) is 0. The summed E-state index contributed by atoms with van der Waals surface area (Å²) in [5, 5.41) is 0. The lowest BCUT2D eigenvalue weighted by Crippen LogP contribution is -2.49. The predicted molar refractivity (Wildman–Crippen MR) is 85.9 cm³/mol. The molecule has 124 valence electrons. The second-order valence-electron chi connectivity index (χ2n) is 6.78. The summed E-state index contributed by atoms with van der Waals surface area (Å²) in [6, 6.07) is 8.30. The molecule has 0 unspecified atom stereocenters. The van der Waals surface area contributed by atoms with Gasteiger partial charge in [0, 0.05) is 26.1 Å². The highest BCUT2D eigenvalue weighted by molar-refractivity contribution is 5.81. The fraction of sp³-hybridized carbons (Fsp3) is 0.611. The van der Waals surface area contributed by atoms with Crippen molar-refractivity contribution in [2.75, 3.05) is 32.8 Å². The highest BCUT2D eigenvalue weighted by Crippen LogP contribution is 2.32. The maximum Gasteiger partial charge on any atom is 0.239 e. The third kappa shape index (κ3) is 2.77. The summed E-state index contributed by atoms with van der Waals surface area (Å²) in [5.41, 5.74) is 2.65. The summed E-state index contributed by atoms with van der Waals surface area (Å²) < 4.78 is 11.5. The van der Waals surface area contributed by atoms with Gasteiger partial charge in [-0.1, -0.05) is 24.3 Å². The highest BCUT2D eigenvalue weighted by Gasteiger charge is 2.45. The maximum absolute atomic E-state index is 12.9. The van der Waals surface area contributed by atoms with Gasteiger partial charge in [-0.15, -0.1) is 0 Å². The van der Waals surface area contributed by atoms with Crippen LogP contribution in [0.1, 0.15) is 24.5 Å². The van der Waals surface area contributed by atoms with Gasteiger partial charge in [0.25, 0.3) is 0 Å². The fourth-order valence-electron chi connectivity index (χ4n) is 3.95. The Balaban J connectivity index is 1.41. The molecule has 1 amide bonds. The molecule has 2 fully saturated rings. The molecule has 3 heterocycles. The molecule has 3 aliphatic rings. The van der Waals surface area contributed by atoms with Gasteiger partial charge in [-0.25, -0.2) is 0 Å². The summed E-state index contributed by atoms with van der Waals surface area (Å²) in [6.45, 7) is 6.44. The topological polar surface area (TPSA) is 42.0 Å². The minimum atomic E-state index is -0.455. The van der Waals surface area contributed by atoms with Crippen LogP contribution in [0.4, 0.5) is 0 Å². The van der Waals surface area contributed by atoms with Gasteiger partial charge >= 0.3 is 0 Å². The molecular weight excluding hydrogens is 292 g/mol. The zero-order valence-electron chi connectivity index (χ0n) is 13.7. The first-order chi connectivity index (χ1) is 11.2. The van der Waals surface area contributed by atoms with Crippen molar-refractivity contribution in [3.8, 4) is 0 Å². The highest BCUT2D eigenvalue weighted by atomic mass is 16.7.